The molecule has 0 radical (unpaired) electrons. The average molecular weight is 384 g/mol. The molecule has 4 heteroatoms. The molecule has 0 bridgehead atoms. The Bertz CT molecular complexity index is 1100. The Morgan fingerprint density at radius 1 is 0.897 bits per heavy atom. The molecule has 146 valence electrons. The third-order valence-electron chi connectivity index (χ3n) is 4.85. The van der Waals surface area contributed by atoms with E-state index in [2.05, 4.69) is 40.5 Å². The van der Waals surface area contributed by atoms with Crippen molar-refractivity contribution >= 4 is 22.4 Å². The third kappa shape index (κ3) is 5.12. The summed E-state index contributed by atoms with van der Waals surface area (Å²) in [6, 6.07) is 26.4. The zero-order valence-corrected chi connectivity index (χ0v) is 16.5. The molecule has 4 rings (SSSR count). The number of furan rings is 1. The van der Waals surface area contributed by atoms with Gasteiger partial charge in [0.1, 0.15) is 5.76 Å². The third-order valence-corrected chi connectivity index (χ3v) is 4.85. The summed E-state index contributed by atoms with van der Waals surface area (Å²) in [4.78, 5) is 14.8. The maximum absolute atomic E-state index is 12.7. The van der Waals surface area contributed by atoms with Gasteiger partial charge >= 0.3 is 0 Å². The largest absolute Gasteiger partial charge is 0.468 e. The van der Waals surface area contributed by atoms with Crippen LogP contribution in [0.25, 0.3) is 10.8 Å². The Morgan fingerprint density at radius 2 is 1.76 bits per heavy atom. The highest BCUT2D eigenvalue weighted by Gasteiger charge is 2.14. The lowest BCUT2D eigenvalue weighted by Gasteiger charge is -2.21. The molecule has 0 atom stereocenters. The summed E-state index contributed by atoms with van der Waals surface area (Å²) >= 11 is 0. The molecular formula is C25H24N2O2. The van der Waals surface area contributed by atoms with E-state index < -0.39 is 0 Å². The SMILES string of the molecule is Cc1cccc(NC(=O)CN(Cc2ccc3ccccc3c2)Cc2ccco2)c1. The van der Waals surface area contributed by atoms with Crippen molar-refractivity contribution in [2.24, 2.45) is 0 Å². The number of rotatable bonds is 7. The fraction of sp³-hybridized carbons (Fsp3) is 0.160. The highest BCUT2D eigenvalue weighted by Crippen LogP contribution is 2.18. The van der Waals surface area contributed by atoms with Gasteiger partial charge in [0.05, 0.1) is 19.4 Å². The Kier molecular flexibility index (Phi) is 5.73. The van der Waals surface area contributed by atoms with Crippen LogP contribution in [0.2, 0.25) is 0 Å². The lowest BCUT2D eigenvalue weighted by Crippen LogP contribution is -2.32. The molecule has 0 spiro atoms. The number of nitrogens with one attached hydrogen (secondary N) is 1. The van der Waals surface area contributed by atoms with Crippen LogP contribution in [0, 0.1) is 6.92 Å². The Morgan fingerprint density at radius 3 is 2.55 bits per heavy atom. The smallest absolute Gasteiger partial charge is 0.238 e. The zero-order valence-electron chi connectivity index (χ0n) is 16.5. The van der Waals surface area contributed by atoms with Gasteiger partial charge in [0.15, 0.2) is 0 Å². The summed E-state index contributed by atoms with van der Waals surface area (Å²) in [7, 11) is 0. The summed E-state index contributed by atoms with van der Waals surface area (Å²) in [5, 5.41) is 5.41. The van der Waals surface area contributed by atoms with Crippen LogP contribution in [0.3, 0.4) is 0 Å². The number of hydrogen-bond acceptors (Lipinski definition) is 3. The molecule has 0 aliphatic heterocycles. The molecule has 0 saturated heterocycles. The molecule has 0 fully saturated rings. The molecule has 3 aromatic carbocycles. The van der Waals surface area contributed by atoms with Gasteiger partial charge in [0.2, 0.25) is 5.91 Å². The van der Waals surface area contributed by atoms with Crippen molar-refractivity contribution in [3.8, 4) is 0 Å². The minimum atomic E-state index is -0.0389. The lowest BCUT2D eigenvalue weighted by molar-refractivity contribution is -0.117. The van der Waals surface area contributed by atoms with E-state index in [9.17, 15) is 4.79 Å². The van der Waals surface area contributed by atoms with Crippen LogP contribution in [0.15, 0.2) is 89.5 Å². The second-order valence-electron chi connectivity index (χ2n) is 7.32. The van der Waals surface area contributed by atoms with E-state index in [1.807, 2.05) is 55.5 Å². The van der Waals surface area contributed by atoms with Gasteiger partial charge in [-0.15, -0.1) is 0 Å². The van der Waals surface area contributed by atoms with Gasteiger partial charge < -0.3 is 9.73 Å². The monoisotopic (exact) mass is 384 g/mol. The topological polar surface area (TPSA) is 45.5 Å². The summed E-state index contributed by atoms with van der Waals surface area (Å²) < 4.78 is 5.51. The van der Waals surface area contributed by atoms with Crippen LogP contribution < -0.4 is 5.32 Å². The summed E-state index contributed by atoms with van der Waals surface area (Å²) in [5.41, 5.74) is 3.10. The van der Waals surface area contributed by atoms with Crippen molar-refractivity contribution in [2.75, 3.05) is 11.9 Å². The standard InChI is InChI=1S/C25H24N2O2/c1-19-6-4-9-23(14-19)26-25(28)18-27(17-24-10-5-13-29-24)16-20-11-12-21-7-2-3-8-22(21)15-20/h2-15H,16-18H2,1H3,(H,26,28). The quantitative estimate of drug-likeness (QED) is 0.465. The first-order valence-corrected chi connectivity index (χ1v) is 9.75. The molecule has 4 nitrogen and oxygen atoms in total. The Hall–Kier alpha value is -3.37. The van der Waals surface area contributed by atoms with Crippen LogP contribution in [-0.4, -0.2) is 17.4 Å². The number of aryl methyl sites for hydroxylation is 1. The minimum Gasteiger partial charge on any atom is -0.468 e. The molecule has 4 aromatic rings. The maximum Gasteiger partial charge on any atom is 0.238 e. The summed E-state index contributed by atoms with van der Waals surface area (Å²) in [6.07, 6.45) is 1.66. The molecule has 1 amide bonds. The number of benzene rings is 3. The van der Waals surface area contributed by atoms with E-state index in [-0.39, 0.29) is 12.5 Å². The molecular weight excluding hydrogens is 360 g/mol. The second-order valence-corrected chi connectivity index (χ2v) is 7.32. The van der Waals surface area contributed by atoms with Crippen molar-refractivity contribution in [1.29, 1.82) is 0 Å². The summed E-state index contributed by atoms with van der Waals surface area (Å²) in [6.45, 7) is 3.52. The first-order chi connectivity index (χ1) is 14.2. The van der Waals surface area contributed by atoms with Crippen LogP contribution in [0.4, 0.5) is 5.69 Å². The molecule has 0 saturated carbocycles. The molecule has 1 heterocycles. The van der Waals surface area contributed by atoms with Gasteiger partial charge in [-0.1, -0.05) is 48.5 Å². The lowest BCUT2D eigenvalue weighted by atomic mass is 10.1. The fourth-order valence-corrected chi connectivity index (χ4v) is 3.51. The minimum absolute atomic E-state index is 0.0389. The molecule has 1 N–H and O–H groups in total. The van der Waals surface area contributed by atoms with Crippen LogP contribution >= 0.6 is 0 Å². The highest BCUT2D eigenvalue weighted by atomic mass is 16.3. The predicted molar refractivity (Wildman–Crippen MR) is 117 cm³/mol. The van der Waals surface area contributed by atoms with Gasteiger partial charge in [-0.05, 0) is 59.2 Å². The van der Waals surface area contributed by atoms with Crippen LogP contribution in [0.1, 0.15) is 16.9 Å². The van der Waals surface area contributed by atoms with E-state index in [4.69, 9.17) is 4.42 Å². The van der Waals surface area contributed by atoms with Gasteiger partial charge in [0, 0.05) is 12.2 Å². The normalized spacial score (nSPS) is 11.1. The van der Waals surface area contributed by atoms with Crippen LogP contribution in [-0.2, 0) is 17.9 Å². The van der Waals surface area contributed by atoms with E-state index in [0.29, 0.717) is 13.1 Å². The predicted octanol–water partition coefficient (Wildman–Crippen LogP) is 5.38. The number of amides is 1. The van der Waals surface area contributed by atoms with E-state index in [0.717, 1.165) is 17.0 Å². The molecule has 0 unspecified atom stereocenters. The summed E-state index contributed by atoms with van der Waals surface area (Å²) in [5.74, 6) is 0.803. The number of nitrogens with zero attached hydrogens (tertiary/aromatic N) is 1. The van der Waals surface area contributed by atoms with Crippen molar-refractivity contribution in [3.05, 3.63) is 102 Å². The number of hydrogen-bond donors (Lipinski definition) is 1. The van der Waals surface area contributed by atoms with E-state index in [1.54, 1.807) is 6.26 Å². The van der Waals surface area contributed by atoms with E-state index in [1.165, 1.54) is 16.3 Å². The number of anilines is 1. The first kappa shape index (κ1) is 19.0. The van der Waals surface area contributed by atoms with Gasteiger partial charge in [0.25, 0.3) is 0 Å². The van der Waals surface area contributed by atoms with Crippen LogP contribution in [0.5, 0.6) is 0 Å². The first-order valence-electron chi connectivity index (χ1n) is 9.75. The van der Waals surface area contributed by atoms with Crippen molar-refractivity contribution in [3.63, 3.8) is 0 Å². The molecule has 29 heavy (non-hydrogen) atoms. The zero-order chi connectivity index (χ0) is 20.1. The molecule has 0 aliphatic carbocycles. The number of carbonyl (C=O) groups is 1. The Labute approximate surface area is 170 Å². The van der Waals surface area contributed by atoms with Gasteiger partial charge in [-0.25, -0.2) is 0 Å². The second kappa shape index (κ2) is 8.76. The van der Waals surface area contributed by atoms with Crippen molar-refractivity contribution in [2.45, 2.75) is 20.0 Å². The van der Waals surface area contributed by atoms with E-state index >= 15 is 0 Å². The van der Waals surface area contributed by atoms with Gasteiger partial charge in [-0.2, -0.15) is 0 Å². The molecule has 0 aliphatic rings. The van der Waals surface area contributed by atoms with Crippen molar-refractivity contribution in [1.82, 2.24) is 4.90 Å². The van der Waals surface area contributed by atoms with Gasteiger partial charge in [-0.3, -0.25) is 9.69 Å². The molecule has 1 aromatic heterocycles. The fourth-order valence-electron chi connectivity index (χ4n) is 3.51. The van der Waals surface area contributed by atoms with Crippen molar-refractivity contribution < 1.29 is 9.21 Å². The Balaban J connectivity index is 1.49. The maximum atomic E-state index is 12.7. The number of carbonyl (C=O) groups excluding carboxylic acids is 1. The number of fused-ring (bicyclic) bond motifs is 1. The average Bonchev–Trinajstić information content (AvgIpc) is 3.21. The highest BCUT2D eigenvalue weighted by molar-refractivity contribution is 5.92.